The van der Waals surface area contributed by atoms with Crippen LogP contribution in [0, 0.1) is 18.3 Å². The maximum absolute atomic E-state index is 13.7. The number of morpholine rings is 1. The number of hydrogen-bond acceptors (Lipinski definition) is 6. The normalized spacial score (nSPS) is 18.4. The summed E-state index contributed by atoms with van der Waals surface area (Å²) in [5.41, 5.74) is 8.27. The number of ether oxygens (including phenoxy) is 3. The molecule has 3 N–H and O–H groups in total. The zero-order valence-electron chi connectivity index (χ0n) is 19.2. The predicted octanol–water partition coefficient (Wildman–Crippen LogP) is 1.08. The van der Waals surface area contributed by atoms with Gasteiger partial charge in [-0.2, -0.15) is 5.26 Å². The van der Waals surface area contributed by atoms with Crippen LogP contribution in [-0.2, 0) is 11.3 Å². The topological polar surface area (TPSA) is 104 Å². The zero-order chi connectivity index (χ0) is 23.4. The van der Waals surface area contributed by atoms with Crippen molar-refractivity contribution < 1.29 is 19.1 Å². The number of nitrogens with zero attached hydrogens (tertiary/aromatic N) is 2. The Morgan fingerprint density at radius 3 is 2.67 bits per heavy atom. The monoisotopic (exact) mass is 451 g/mol. The zero-order valence-corrected chi connectivity index (χ0v) is 19.2. The van der Waals surface area contributed by atoms with Gasteiger partial charge in [-0.1, -0.05) is 12.1 Å². The number of quaternary nitrogens is 1. The summed E-state index contributed by atoms with van der Waals surface area (Å²) in [6.07, 6.45) is 0.881. The van der Waals surface area contributed by atoms with Crippen molar-refractivity contribution in [2.24, 2.45) is 5.73 Å². The van der Waals surface area contributed by atoms with Gasteiger partial charge in [-0.15, -0.1) is 0 Å². The highest BCUT2D eigenvalue weighted by Crippen LogP contribution is 2.40. The Morgan fingerprint density at radius 1 is 1.27 bits per heavy atom. The molecule has 0 spiro atoms. The first-order chi connectivity index (χ1) is 16.0. The van der Waals surface area contributed by atoms with E-state index in [0.29, 0.717) is 24.5 Å². The summed E-state index contributed by atoms with van der Waals surface area (Å²) in [4.78, 5) is 15.2. The third-order valence-electron chi connectivity index (χ3n) is 6.33. The molecule has 0 bridgehead atoms. The molecule has 0 radical (unpaired) electrons. The summed E-state index contributed by atoms with van der Waals surface area (Å²) in [5.74, 6) is 0.605. The molecular weight excluding hydrogens is 420 g/mol. The Bertz CT molecular complexity index is 1120. The van der Waals surface area contributed by atoms with Gasteiger partial charge in [-0.25, -0.2) is 0 Å². The largest absolute Gasteiger partial charge is 0.494 e. The molecule has 3 heterocycles. The number of rotatable bonds is 7. The second-order valence-corrected chi connectivity index (χ2v) is 8.41. The Labute approximate surface area is 193 Å². The summed E-state index contributed by atoms with van der Waals surface area (Å²) >= 11 is 0. The number of aromatic nitrogens is 1. The molecule has 0 amide bonds. The summed E-state index contributed by atoms with van der Waals surface area (Å²) in [6, 6.07) is 11.5. The lowest BCUT2D eigenvalue weighted by Gasteiger charge is -2.28. The number of pyridine rings is 1. The van der Waals surface area contributed by atoms with E-state index in [0.717, 1.165) is 56.3 Å². The highest BCUT2D eigenvalue weighted by molar-refractivity contribution is 5.55. The van der Waals surface area contributed by atoms with E-state index in [-0.39, 0.29) is 17.0 Å². The van der Waals surface area contributed by atoms with E-state index in [9.17, 15) is 10.1 Å². The van der Waals surface area contributed by atoms with Gasteiger partial charge in [0.2, 0.25) is 5.88 Å². The Kier molecular flexibility index (Phi) is 7.02. The first-order valence-corrected chi connectivity index (χ1v) is 11.5. The molecule has 2 aliphatic heterocycles. The molecule has 1 aromatic carbocycles. The fraction of sp³-hybridized carbons (Fsp3) is 0.440. The van der Waals surface area contributed by atoms with Crippen molar-refractivity contribution in [3.8, 4) is 17.6 Å². The number of nitriles is 1. The third kappa shape index (κ3) is 4.75. The Morgan fingerprint density at radius 2 is 2.00 bits per heavy atom. The van der Waals surface area contributed by atoms with Gasteiger partial charge in [0.1, 0.15) is 36.2 Å². The van der Waals surface area contributed by atoms with Gasteiger partial charge in [0.15, 0.2) is 0 Å². The molecule has 174 valence electrons. The van der Waals surface area contributed by atoms with Crippen molar-refractivity contribution in [2.75, 3.05) is 39.5 Å². The molecule has 2 aliphatic rings. The van der Waals surface area contributed by atoms with Crippen LogP contribution in [0.25, 0.3) is 0 Å². The van der Waals surface area contributed by atoms with Gasteiger partial charge in [-0.05, 0) is 31.5 Å². The number of fused-ring (bicyclic) bond motifs is 1. The smallest absolute Gasteiger partial charge is 0.258 e. The van der Waals surface area contributed by atoms with Crippen molar-refractivity contribution in [3.05, 3.63) is 69.0 Å². The van der Waals surface area contributed by atoms with Gasteiger partial charge in [0.05, 0.1) is 37.8 Å². The molecular formula is C25H31N4O4+. The third-order valence-corrected chi connectivity index (χ3v) is 6.33. The second-order valence-electron chi connectivity index (χ2n) is 8.41. The number of nitrogens with one attached hydrogen (secondary N) is 1. The lowest BCUT2D eigenvalue weighted by Crippen LogP contribution is -3.14. The van der Waals surface area contributed by atoms with Crippen LogP contribution in [0.1, 0.15) is 36.1 Å². The maximum atomic E-state index is 13.7. The molecule has 1 fully saturated rings. The molecule has 1 aromatic heterocycles. The van der Waals surface area contributed by atoms with Gasteiger partial charge >= 0.3 is 0 Å². The quantitative estimate of drug-likeness (QED) is 0.653. The van der Waals surface area contributed by atoms with Gasteiger partial charge in [0, 0.05) is 24.7 Å². The van der Waals surface area contributed by atoms with E-state index < -0.39 is 5.92 Å². The van der Waals surface area contributed by atoms with Crippen LogP contribution in [0.15, 0.2) is 46.6 Å². The molecule has 0 unspecified atom stereocenters. The summed E-state index contributed by atoms with van der Waals surface area (Å²) < 4.78 is 18.5. The van der Waals surface area contributed by atoms with Crippen LogP contribution in [0.4, 0.5) is 0 Å². The van der Waals surface area contributed by atoms with E-state index in [1.165, 1.54) is 4.90 Å². The second kappa shape index (κ2) is 10.1. The fourth-order valence-electron chi connectivity index (χ4n) is 4.62. The van der Waals surface area contributed by atoms with Gasteiger partial charge < -0.3 is 29.4 Å². The predicted molar refractivity (Wildman–Crippen MR) is 123 cm³/mol. The van der Waals surface area contributed by atoms with Crippen LogP contribution >= 0.6 is 0 Å². The van der Waals surface area contributed by atoms with E-state index in [2.05, 4.69) is 6.07 Å². The number of allylic oxidation sites excluding steroid dienone is 1. The lowest BCUT2D eigenvalue weighted by molar-refractivity contribution is -0.908. The molecule has 1 atom stereocenters. The van der Waals surface area contributed by atoms with Crippen molar-refractivity contribution in [3.63, 3.8) is 0 Å². The number of hydrogen-bond donors (Lipinski definition) is 2. The maximum Gasteiger partial charge on any atom is 0.258 e. The summed E-state index contributed by atoms with van der Waals surface area (Å²) in [6.45, 7) is 9.57. The SMILES string of the molecule is CCOc1ccc([C@@H]2C(C#N)=C(N)Oc3cc(C)n(CCC[NH+]4CCOCC4)c(=O)c32)cc1. The molecule has 8 nitrogen and oxygen atoms in total. The van der Waals surface area contributed by atoms with Crippen LogP contribution < -0.4 is 25.7 Å². The van der Waals surface area contributed by atoms with Crippen molar-refractivity contribution in [1.82, 2.24) is 4.57 Å². The van der Waals surface area contributed by atoms with Crippen LogP contribution in [-0.4, -0.2) is 44.0 Å². The molecule has 0 aliphatic carbocycles. The average molecular weight is 452 g/mol. The number of benzene rings is 1. The first kappa shape index (κ1) is 22.9. The fourth-order valence-corrected chi connectivity index (χ4v) is 4.62. The highest BCUT2D eigenvalue weighted by Gasteiger charge is 2.34. The standard InChI is InChI=1S/C25H30N4O4/c1-3-32-19-7-5-18(6-8-19)22-20(16-26)24(27)33-21-15-17(2)29(25(30)23(21)22)10-4-9-28-11-13-31-14-12-28/h5-8,15,22H,3-4,9-14,27H2,1-2H3/p+1/t22-/m1/s1. The van der Waals surface area contributed by atoms with Crippen molar-refractivity contribution >= 4 is 0 Å². The number of aryl methyl sites for hydroxylation is 1. The Hall–Kier alpha value is -3.28. The van der Waals surface area contributed by atoms with Gasteiger partial charge in [0.25, 0.3) is 5.56 Å². The van der Waals surface area contributed by atoms with Gasteiger partial charge in [-0.3, -0.25) is 4.79 Å². The Balaban J connectivity index is 1.68. The van der Waals surface area contributed by atoms with Crippen LogP contribution in [0.3, 0.4) is 0 Å². The lowest BCUT2D eigenvalue weighted by atomic mass is 9.84. The van der Waals surface area contributed by atoms with Crippen LogP contribution in [0.2, 0.25) is 0 Å². The van der Waals surface area contributed by atoms with Crippen LogP contribution in [0.5, 0.6) is 11.5 Å². The minimum Gasteiger partial charge on any atom is -0.494 e. The van der Waals surface area contributed by atoms with Crippen molar-refractivity contribution in [1.29, 1.82) is 5.26 Å². The van der Waals surface area contributed by atoms with E-state index >= 15 is 0 Å². The average Bonchev–Trinajstić information content (AvgIpc) is 2.82. The first-order valence-electron chi connectivity index (χ1n) is 11.5. The minimum atomic E-state index is -0.585. The molecule has 0 saturated carbocycles. The highest BCUT2D eigenvalue weighted by atomic mass is 16.5. The van der Waals surface area contributed by atoms with E-state index in [1.54, 1.807) is 4.57 Å². The molecule has 8 heteroatoms. The summed E-state index contributed by atoms with van der Waals surface area (Å²) in [5, 5.41) is 9.84. The molecule has 33 heavy (non-hydrogen) atoms. The number of nitrogens with two attached hydrogens (primary N) is 1. The van der Waals surface area contributed by atoms with E-state index in [4.69, 9.17) is 19.9 Å². The summed E-state index contributed by atoms with van der Waals surface area (Å²) in [7, 11) is 0. The molecule has 1 saturated heterocycles. The van der Waals surface area contributed by atoms with E-state index in [1.807, 2.05) is 44.2 Å². The molecule has 2 aromatic rings. The van der Waals surface area contributed by atoms with Crippen molar-refractivity contribution in [2.45, 2.75) is 32.7 Å². The minimum absolute atomic E-state index is 0.0383. The molecule has 4 rings (SSSR count).